The van der Waals surface area contributed by atoms with Crippen LogP contribution in [0.3, 0.4) is 0 Å². The molecule has 5 aromatic carbocycles. The second-order valence-corrected chi connectivity index (χ2v) is 14.9. The topological polar surface area (TPSA) is 145 Å². The number of anilines is 1. The molecule has 1 fully saturated rings. The molecule has 0 bridgehead atoms. The van der Waals surface area contributed by atoms with Gasteiger partial charge in [-0.25, -0.2) is 14.7 Å². The number of fused-ring (bicyclic) bond motifs is 3. The Bertz CT molecular complexity index is 2680. The lowest BCUT2D eigenvalue weighted by molar-refractivity contribution is -0.121. The Kier molecular flexibility index (Phi) is 10.7. The minimum Gasteiger partial charge on any atom is -0.493 e. The molecule has 0 spiro atoms. The van der Waals surface area contributed by atoms with Gasteiger partial charge < -0.3 is 18.9 Å². The summed E-state index contributed by atoms with van der Waals surface area (Å²) in [6.45, 7) is -0.445. The van der Waals surface area contributed by atoms with Crippen molar-refractivity contribution in [1.82, 2.24) is 4.98 Å². The van der Waals surface area contributed by atoms with Gasteiger partial charge in [0.05, 0.1) is 49.1 Å². The van der Waals surface area contributed by atoms with Gasteiger partial charge in [-0.2, -0.15) is 5.26 Å². The number of ether oxygens (including phenoxy) is 4. The van der Waals surface area contributed by atoms with Crippen LogP contribution in [0, 0.1) is 11.3 Å². The number of hydrogen-bond donors (Lipinski definition) is 0. The molecule has 0 radical (unpaired) electrons. The molecule has 2 amide bonds. The standard InChI is InChI=1S/C47H35N3O8S/c1-55-40-21-32(22-41(56-2)44(40)57-3)36-23-38(27-9-5-4-6-10-27)49-45(37(36)25-48)59-42-24-43(52)50(46(42)53)33-16-13-28(14-17-33)47(54)58-26-39(51)30-15-18-35-31(20-30)19-29-11-7-8-12-34(29)35/h4-18,20-23,42H,19,24,26H2,1-3H3. The maximum atomic E-state index is 13.9. The van der Waals surface area contributed by atoms with E-state index in [2.05, 4.69) is 18.2 Å². The fourth-order valence-electron chi connectivity index (χ4n) is 7.40. The molecule has 1 aromatic heterocycles. The van der Waals surface area contributed by atoms with Gasteiger partial charge >= 0.3 is 5.97 Å². The highest BCUT2D eigenvalue weighted by molar-refractivity contribution is 8.00. The number of pyridine rings is 1. The number of Topliss-reactive ketones (excluding diaryl/α,β-unsaturated/α-hetero) is 1. The number of methoxy groups -OCH3 is 3. The monoisotopic (exact) mass is 801 g/mol. The van der Waals surface area contributed by atoms with Crippen molar-refractivity contribution in [2.24, 2.45) is 0 Å². The van der Waals surface area contributed by atoms with Crippen molar-refractivity contribution < 1.29 is 38.1 Å². The lowest BCUT2D eigenvalue weighted by Gasteiger charge is -2.18. The van der Waals surface area contributed by atoms with E-state index in [0.29, 0.717) is 39.6 Å². The minimum atomic E-state index is -0.898. The molecule has 12 heteroatoms. The van der Waals surface area contributed by atoms with Gasteiger partial charge in [0.15, 0.2) is 23.9 Å². The van der Waals surface area contributed by atoms with Gasteiger partial charge in [0.2, 0.25) is 17.6 Å². The summed E-state index contributed by atoms with van der Waals surface area (Å²) in [7, 11) is 4.50. The molecule has 1 atom stereocenters. The van der Waals surface area contributed by atoms with Crippen molar-refractivity contribution in [3.05, 3.63) is 143 Å². The van der Waals surface area contributed by atoms with Gasteiger partial charge in [0.1, 0.15) is 11.1 Å². The summed E-state index contributed by atoms with van der Waals surface area (Å²) < 4.78 is 22.1. The first kappa shape index (κ1) is 38.6. The Morgan fingerprint density at radius 2 is 1.44 bits per heavy atom. The third kappa shape index (κ3) is 7.40. The van der Waals surface area contributed by atoms with E-state index in [0.717, 1.165) is 45.3 Å². The van der Waals surface area contributed by atoms with Crippen LogP contribution < -0.4 is 19.1 Å². The summed E-state index contributed by atoms with van der Waals surface area (Å²) in [5.74, 6) is -0.833. The molecule has 2 aliphatic rings. The third-order valence-electron chi connectivity index (χ3n) is 10.3. The van der Waals surface area contributed by atoms with Gasteiger partial charge in [-0.15, -0.1) is 0 Å². The first-order valence-electron chi connectivity index (χ1n) is 18.6. The molecule has 1 aliphatic heterocycles. The molecule has 1 unspecified atom stereocenters. The molecule has 2 heterocycles. The highest BCUT2D eigenvalue weighted by atomic mass is 32.2. The number of aromatic nitrogens is 1. The highest BCUT2D eigenvalue weighted by Crippen LogP contribution is 2.45. The van der Waals surface area contributed by atoms with Gasteiger partial charge in [0, 0.05) is 23.1 Å². The number of rotatable bonds is 12. The number of thioether (sulfide) groups is 1. The molecule has 0 N–H and O–H groups in total. The Hall–Kier alpha value is -7.23. The minimum absolute atomic E-state index is 0.147. The van der Waals surface area contributed by atoms with Crippen molar-refractivity contribution in [2.75, 3.05) is 32.8 Å². The van der Waals surface area contributed by atoms with Crippen LogP contribution in [0.1, 0.15) is 43.8 Å². The zero-order valence-corrected chi connectivity index (χ0v) is 33.0. The summed E-state index contributed by atoms with van der Waals surface area (Å²) in [6, 6.07) is 36.4. The predicted octanol–water partition coefficient (Wildman–Crippen LogP) is 8.35. The lowest BCUT2D eigenvalue weighted by Crippen LogP contribution is -2.31. The quantitative estimate of drug-likeness (QED) is 0.0668. The average Bonchev–Trinajstić information content (AvgIpc) is 3.79. The second kappa shape index (κ2) is 16.3. The number of hydrogen-bond acceptors (Lipinski definition) is 11. The zero-order valence-electron chi connectivity index (χ0n) is 32.2. The summed E-state index contributed by atoms with van der Waals surface area (Å²) >= 11 is 1.04. The Morgan fingerprint density at radius 3 is 2.14 bits per heavy atom. The molecule has 11 nitrogen and oxygen atoms in total. The van der Waals surface area contributed by atoms with Crippen molar-refractivity contribution in [3.8, 4) is 56.8 Å². The van der Waals surface area contributed by atoms with Crippen molar-refractivity contribution in [3.63, 3.8) is 0 Å². The van der Waals surface area contributed by atoms with Gasteiger partial charge in [-0.1, -0.05) is 78.5 Å². The molecular formula is C47H35N3O8S. The summed E-state index contributed by atoms with van der Waals surface area (Å²) in [6.07, 6.45) is 0.586. The molecule has 0 saturated carbocycles. The van der Waals surface area contributed by atoms with Gasteiger partial charge in [-0.05, 0) is 82.8 Å². The molecule has 292 valence electrons. The normalized spacial score (nSPS) is 14.0. The van der Waals surface area contributed by atoms with Gasteiger partial charge in [-0.3, -0.25) is 14.4 Å². The van der Waals surface area contributed by atoms with E-state index in [4.69, 9.17) is 23.9 Å². The van der Waals surface area contributed by atoms with Crippen LogP contribution >= 0.6 is 11.8 Å². The number of benzene rings is 5. The number of nitrogens with zero attached hydrogens (tertiary/aromatic N) is 3. The number of imide groups is 1. The van der Waals surface area contributed by atoms with E-state index < -0.39 is 29.6 Å². The largest absolute Gasteiger partial charge is 0.493 e. The molecule has 59 heavy (non-hydrogen) atoms. The molecular weight excluding hydrogens is 767 g/mol. The molecule has 6 aromatic rings. The van der Waals surface area contributed by atoms with Crippen LogP contribution in [-0.2, 0) is 20.7 Å². The van der Waals surface area contributed by atoms with E-state index in [-0.39, 0.29) is 34.0 Å². The van der Waals surface area contributed by atoms with Crippen LogP contribution in [0.5, 0.6) is 17.2 Å². The number of amides is 2. The van der Waals surface area contributed by atoms with Crippen LogP contribution in [0.15, 0.2) is 120 Å². The molecule has 8 rings (SSSR count). The lowest BCUT2D eigenvalue weighted by atomic mass is 9.98. The first-order chi connectivity index (χ1) is 28.7. The SMILES string of the molecule is COc1cc(-c2cc(-c3ccccc3)nc(SC3CC(=O)N(c4ccc(C(=O)OCC(=O)c5ccc6c(c5)Cc5ccccc5-6)cc4)C3=O)c2C#N)cc(OC)c1OC. The second-order valence-electron chi connectivity index (χ2n) is 13.8. The van der Waals surface area contributed by atoms with E-state index in [1.165, 1.54) is 51.2 Å². The maximum Gasteiger partial charge on any atom is 0.338 e. The number of esters is 1. The van der Waals surface area contributed by atoms with E-state index >= 15 is 0 Å². The smallest absolute Gasteiger partial charge is 0.338 e. The number of nitriles is 1. The average molecular weight is 802 g/mol. The fraction of sp³-hybridized carbons (Fsp3) is 0.149. The Balaban J connectivity index is 0.995. The molecule has 1 aliphatic carbocycles. The van der Waals surface area contributed by atoms with Crippen LogP contribution in [0.2, 0.25) is 0 Å². The van der Waals surface area contributed by atoms with Crippen molar-refractivity contribution in [2.45, 2.75) is 23.1 Å². The van der Waals surface area contributed by atoms with Gasteiger partial charge in [0.25, 0.3) is 0 Å². The van der Waals surface area contributed by atoms with E-state index in [9.17, 15) is 24.4 Å². The van der Waals surface area contributed by atoms with Crippen LogP contribution in [-0.4, -0.2) is 61.7 Å². The maximum absolute atomic E-state index is 13.9. The van der Waals surface area contributed by atoms with Crippen molar-refractivity contribution in [1.29, 1.82) is 5.26 Å². The van der Waals surface area contributed by atoms with E-state index in [1.807, 2.05) is 54.6 Å². The summed E-state index contributed by atoms with van der Waals surface area (Å²) in [5, 5.41) is 9.92. The number of carbonyl (C=O) groups excluding carboxylic acids is 4. The van der Waals surface area contributed by atoms with Crippen LogP contribution in [0.25, 0.3) is 33.5 Å². The zero-order chi connectivity index (χ0) is 41.2. The summed E-state index contributed by atoms with van der Waals surface area (Å²) in [5.41, 5.74) is 8.00. The highest BCUT2D eigenvalue weighted by Gasteiger charge is 2.41. The predicted molar refractivity (Wildman–Crippen MR) is 222 cm³/mol. The Labute approximate surface area is 344 Å². The summed E-state index contributed by atoms with van der Waals surface area (Å²) in [4.78, 5) is 59.3. The van der Waals surface area contributed by atoms with Crippen LogP contribution in [0.4, 0.5) is 5.69 Å². The van der Waals surface area contributed by atoms with E-state index in [1.54, 1.807) is 24.3 Å². The first-order valence-corrected chi connectivity index (χ1v) is 19.4. The number of ketones is 1. The number of carbonyl (C=O) groups is 4. The third-order valence-corrected chi connectivity index (χ3v) is 11.5. The van der Waals surface area contributed by atoms with Crippen molar-refractivity contribution >= 4 is 41.0 Å². The fourth-order valence-corrected chi connectivity index (χ4v) is 8.53. The molecule has 1 saturated heterocycles. The Morgan fingerprint density at radius 1 is 0.763 bits per heavy atom.